The molecular weight excluding hydrogens is 328 g/mol. The van der Waals surface area contributed by atoms with E-state index in [4.69, 9.17) is 4.74 Å². The van der Waals surface area contributed by atoms with Crippen molar-refractivity contribution in [3.05, 3.63) is 36.7 Å². The summed E-state index contributed by atoms with van der Waals surface area (Å²) in [6, 6.07) is 9.05. The number of ether oxygens (including phenoxy) is 1. The van der Waals surface area contributed by atoms with Crippen LogP contribution in [0.4, 0.5) is 5.82 Å². The molecule has 0 radical (unpaired) electrons. The van der Waals surface area contributed by atoms with Crippen LogP contribution in [0, 0.1) is 0 Å². The second-order valence-electron chi connectivity index (χ2n) is 5.39. The minimum absolute atomic E-state index is 0.144. The molecule has 1 aromatic carbocycles. The molecule has 1 N–H and O–H groups in total. The van der Waals surface area contributed by atoms with Crippen LogP contribution in [0.3, 0.4) is 0 Å². The number of anilines is 1. The zero-order valence-electron chi connectivity index (χ0n) is 12.6. The van der Waals surface area contributed by atoms with E-state index in [-0.39, 0.29) is 6.61 Å². The Labute approximate surface area is 141 Å². The third-order valence-electron chi connectivity index (χ3n) is 3.97. The van der Waals surface area contributed by atoms with Crippen LogP contribution in [0.15, 0.2) is 36.7 Å². The molecule has 1 aliphatic rings. The maximum atomic E-state index is 11.5. The molecule has 4 rings (SSSR count). The molecule has 0 amide bonds. The van der Waals surface area contributed by atoms with E-state index in [0.29, 0.717) is 19.0 Å². The lowest BCUT2D eigenvalue weighted by Gasteiger charge is -2.33. The molecule has 0 saturated carbocycles. The number of rotatable bonds is 3. The molecule has 1 aliphatic heterocycles. The molecule has 0 spiro atoms. The number of hydrogen-bond acceptors (Lipinski definition) is 7. The first-order chi connectivity index (χ1) is 11.8. The number of aromatic nitrogens is 3. The van der Waals surface area contributed by atoms with Crippen molar-refractivity contribution in [2.75, 3.05) is 24.7 Å². The average Bonchev–Trinajstić information content (AvgIpc) is 3.06. The van der Waals surface area contributed by atoms with Gasteiger partial charge in [-0.1, -0.05) is 30.3 Å². The van der Waals surface area contributed by atoms with Gasteiger partial charge in [0.25, 0.3) is 0 Å². The van der Waals surface area contributed by atoms with Gasteiger partial charge in [0, 0.05) is 12.1 Å². The molecular formula is C16H14N4O3S. The third kappa shape index (κ3) is 2.49. The number of fused-ring (bicyclic) bond motifs is 1. The summed E-state index contributed by atoms with van der Waals surface area (Å²) >= 11 is 1.29. The van der Waals surface area contributed by atoms with E-state index in [2.05, 4.69) is 14.3 Å². The molecule has 1 fully saturated rings. The quantitative estimate of drug-likeness (QED) is 0.779. The van der Waals surface area contributed by atoms with Gasteiger partial charge in [-0.3, -0.25) is 0 Å². The minimum atomic E-state index is -0.922. The molecule has 3 heterocycles. The number of hydrogen-bond donors (Lipinski definition) is 1. The number of carboxylic acids is 1. The van der Waals surface area contributed by atoms with Crippen molar-refractivity contribution >= 4 is 33.5 Å². The van der Waals surface area contributed by atoms with Gasteiger partial charge < -0.3 is 14.7 Å². The predicted octanol–water partition coefficient (Wildman–Crippen LogP) is 2.04. The molecule has 2 aromatic heterocycles. The van der Waals surface area contributed by atoms with E-state index in [1.165, 1.54) is 17.9 Å². The molecule has 1 saturated heterocycles. The normalized spacial score (nSPS) is 18.0. The Morgan fingerprint density at radius 2 is 2.12 bits per heavy atom. The van der Waals surface area contributed by atoms with Crippen molar-refractivity contribution in [3.63, 3.8) is 0 Å². The summed E-state index contributed by atoms with van der Waals surface area (Å²) in [5.41, 5.74) is 2.51. The van der Waals surface area contributed by atoms with Crippen LogP contribution in [0.2, 0.25) is 0 Å². The second kappa shape index (κ2) is 6.14. The van der Waals surface area contributed by atoms with E-state index in [1.807, 2.05) is 30.3 Å². The van der Waals surface area contributed by atoms with E-state index in [9.17, 15) is 9.90 Å². The van der Waals surface area contributed by atoms with Gasteiger partial charge in [-0.15, -0.1) is 0 Å². The Balaban J connectivity index is 1.83. The Morgan fingerprint density at radius 3 is 2.92 bits per heavy atom. The van der Waals surface area contributed by atoms with Crippen molar-refractivity contribution in [1.82, 2.24) is 14.3 Å². The van der Waals surface area contributed by atoms with Crippen molar-refractivity contribution in [2.45, 2.75) is 6.04 Å². The largest absolute Gasteiger partial charge is 0.480 e. The number of aliphatic carboxylic acids is 1. The van der Waals surface area contributed by atoms with Crippen LogP contribution < -0.4 is 4.90 Å². The summed E-state index contributed by atoms with van der Waals surface area (Å²) in [5, 5.41) is 9.45. The fraction of sp³-hybridized carbons (Fsp3) is 0.250. The van der Waals surface area contributed by atoms with Gasteiger partial charge in [-0.2, -0.15) is 4.37 Å². The molecule has 3 aromatic rings. The number of benzene rings is 1. The molecule has 0 aliphatic carbocycles. The standard InChI is InChI=1S/C16H14N4O3S/c21-16(22)11-8-23-7-6-20(11)15-14-13(17-9-18-15)12(19-24-14)10-4-2-1-3-5-10/h1-5,9,11H,6-8H2,(H,21,22). The van der Waals surface area contributed by atoms with Gasteiger partial charge in [-0.05, 0) is 11.5 Å². The first-order valence-electron chi connectivity index (χ1n) is 7.48. The topological polar surface area (TPSA) is 88.4 Å². The van der Waals surface area contributed by atoms with Crippen LogP contribution in [-0.4, -0.2) is 51.2 Å². The average molecular weight is 342 g/mol. The maximum Gasteiger partial charge on any atom is 0.328 e. The van der Waals surface area contributed by atoms with Crippen molar-refractivity contribution in [3.8, 4) is 11.3 Å². The Bertz CT molecular complexity index is 883. The smallest absolute Gasteiger partial charge is 0.328 e. The number of carbonyl (C=O) groups is 1. The summed E-state index contributed by atoms with van der Waals surface area (Å²) in [6.45, 7) is 1.09. The Morgan fingerprint density at radius 1 is 1.29 bits per heavy atom. The molecule has 8 heteroatoms. The number of carboxylic acid groups (broad SMARTS) is 1. The third-order valence-corrected chi connectivity index (χ3v) is 4.80. The molecule has 122 valence electrons. The first-order valence-corrected chi connectivity index (χ1v) is 8.26. The lowest BCUT2D eigenvalue weighted by atomic mass is 10.1. The zero-order chi connectivity index (χ0) is 16.5. The van der Waals surface area contributed by atoms with Gasteiger partial charge >= 0.3 is 5.97 Å². The minimum Gasteiger partial charge on any atom is -0.480 e. The van der Waals surface area contributed by atoms with Crippen LogP contribution in [0.5, 0.6) is 0 Å². The lowest BCUT2D eigenvalue weighted by molar-refractivity contribution is -0.141. The fourth-order valence-electron chi connectivity index (χ4n) is 2.80. The van der Waals surface area contributed by atoms with E-state index in [1.54, 1.807) is 4.90 Å². The van der Waals surface area contributed by atoms with E-state index in [0.717, 1.165) is 21.5 Å². The van der Waals surface area contributed by atoms with Crippen molar-refractivity contribution in [2.24, 2.45) is 0 Å². The highest BCUT2D eigenvalue weighted by atomic mass is 32.1. The van der Waals surface area contributed by atoms with Crippen LogP contribution in [0.25, 0.3) is 21.5 Å². The van der Waals surface area contributed by atoms with Crippen molar-refractivity contribution in [1.29, 1.82) is 0 Å². The Hall–Kier alpha value is -2.58. The van der Waals surface area contributed by atoms with E-state index >= 15 is 0 Å². The van der Waals surface area contributed by atoms with Gasteiger partial charge in [-0.25, -0.2) is 14.8 Å². The summed E-state index contributed by atoms with van der Waals surface area (Å²) in [4.78, 5) is 22.0. The summed E-state index contributed by atoms with van der Waals surface area (Å²) in [7, 11) is 0. The maximum absolute atomic E-state index is 11.5. The first kappa shape index (κ1) is 15.0. The predicted molar refractivity (Wildman–Crippen MR) is 90.2 cm³/mol. The number of nitrogens with zero attached hydrogens (tertiary/aromatic N) is 4. The second-order valence-corrected chi connectivity index (χ2v) is 6.17. The highest BCUT2D eigenvalue weighted by molar-refractivity contribution is 7.14. The Kier molecular flexibility index (Phi) is 3.83. The van der Waals surface area contributed by atoms with Crippen molar-refractivity contribution < 1.29 is 14.6 Å². The molecule has 1 unspecified atom stereocenters. The number of morpholine rings is 1. The summed E-state index contributed by atoms with van der Waals surface area (Å²) < 4.78 is 10.6. The molecule has 24 heavy (non-hydrogen) atoms. The van der Waals surface area contributed by atoms with Crippen LogP contribution >= 0.6 is 11.5 Å². The summed E-state index contributed by atoms with van der Waals surface area (Å²) in [5.74, 6) is -0.315. The summed E-state index contributed by atoms with van der Waals surface area (Å²) in [6.07, 6.45) is 1.47. The van der Waals surface area contributed by atoms with E-state index < -0.39 is 12.0 Å². The molecule has 0 bridgehead atoms. The highest BCUT2D eigenvalue weighted by Crippen LogP contribution is 2.35. The van der Waals surface area contributed by atoms with Gasteiger partial charge in [0.1, 0.15) is 22.2 Å². The van der Waals surface area contributed by atoms with Gasteiger partial charge in [0.2, 0.25) is 0 Å². The highest BCUT2D eigenvalue weighted by Gasteiger charge is 2.32. The van der Waals surface area contributed by atoms with Crippen LogP contribution in [-0.2, 0) is 9.53 Å². The van der Waals surface area contributed by atoms with Gasteiger partial charge in [0.15, 0.2) is 11.9 Å². The van der Waals surface area contributed by atoms with Gasteiger partial charge in [0.05, 0.1) is 13.2 Å². The monoisotopic (exact) mass is 342 g/mol. The lowest BCUT2D eigenvalue weighted by Crippen LogP contribution is -2.50. The van der Waals surface area contributed by atoms with Crippen LogP contribution in [0.1, 0.15) is 0 Å². The fourth-order valence-corrected chi connectivity index (χ4v) is 3.67. The SMILES string of the molecule is O=C(O)C1COCCN1c1ncnc2c(-c3ccccc3)nsc12. The molecule has 1 atom stereocenters. The zero-order valence-corrected chi connectivity index (χ0v) is 13.4. The molecule has 7 nitrogen and oxygen atoms in total.